The van der Waals surface area contributed by atoms with Crippen LogP contribution in [0.25, 0.3) is 0 Å². The number of nitrogens with two attached hydrogens (primary N) is 1. The quantitative estimate of drug-likeness (QED) is 0.598. The molecule has 0 aromatic heterocycles. The van der Waals surface area contributed by atoms with Gasteiger partial charge in [0.05, 0.1) is 32.9 Å². The molecule has 21 heavy (non-hydrogen) atoms. The van der Waals surface area contributed by atoms with Crippen molar-refractivity contribution in [2.45, 2.75) is 26.2 Å². The minimum Gasteiger partial charge on any atom is -0.491 e. The topological polar surface area (TPSA) is 44.3 Å². The lowest BCUT2D eigenvalue weighted by Gasteiger charge is -2.09. The lowest BCUT2D eigenvalue weighted by atomic mass is 10.0. The number of methoxy groups -OCH3 is 1. The van der Waals surface area contributed by atoms with Crippen LogP contribution in [0.2, 0.25) is 0 Å². The molecule has 120 valence electrons. The van der Waals surface area contributed by atoms with E-state index in [4.69, 9.17) is 14.2 Å². The fourth-order valence-corrected chi connectivity index (χ4v) is 1.95. The van der Waals surface area contributed by atoms with Gasteiger partial charge in [0.2, 0.25) is 0 Å². The van der Waals surface area contributed by atoms with Gasteiger partial charge in [-0.3, -0.25) is 0 Å². The Labute approximate surface area is 128 Å². The second-order valence-corrected chi connectivity index (χ2v) is 5.40. The molecule has 4 nitrogen and oxygen atoms in total. The first-order valence-electron chi connectivity index (χ1n) is 7.85. The van der Waals surface area contributed by atoms with Crippen molar-refractivity contribution < 1.29 is 19.5 Å². The Morgan fingerprint density at radius 2 is 1.71 bits per heavy atom. The summed E-state index contributed by atoms with van der Waals surface area (Å²) in [6.45, 7) is 9.31. The van der Waals surface area contributed by atoms with Crippen molar-refractivity contribution >= 4 is 0 Å². The summed E-state index contributed by atoms with van der Waals surface area (Å²) < 4.78 is 16.2. The van der Waals surface area contributed by atoms with Crippen molar-refractivity contribution in [1.82, 2.24) is 0 Å². The van der Waals surface area contributed by atoms with E-state index in [1.165, 1.54) is 5.56 Å². The second-order valence-electron chi connectivity index (χ2n) is 5.40. The number of rotatable bonds is 12. The van der Waals surface area contributed by atoms with Crippen LogP contribution >= 0.6 is 0 Å². The molecular weight excluding hydrogens is 266 g/mol. The zero-order valence-electron chi connectivity index (χ0n) is 13.6. The lowest BCUT2D eigenvalue weighted by molar-refractivity contribution is -0.656. The third kappa shape index (κ3) is 8.71. The molecule has 1 rings (SSSR count). The van der Waals surface area contributed by atoms with Gasteiger partial charge in [-0.1, -0.05) is 26.0 Å². The predicted octanol–water partition coefficient (Wildman–Crippen LogP) is 1.81. The van der Waals surface area contributed by atoms with E-state index in [9.17, 15) is 0 Å². The summed E-state index contributed by atoms with van der Waals surface area (Å²) in [6.07, 6.45) is 1.09. The van der Waals surface area contributed by atoms with Gasteiger partial charge in [0, 0.05) is 13.5 Å². The predicted molar refractivity (Wildman–Crippen MR) is 85.0 cm³/mol. The number of ether oxygens (including phenoxy) is 3. The van der Waals surface area contributed by atoms with Gasteiger partial charge in [0.25, 0.3) is 0 Å². The minimum atomic E-state index is 0.558. The van der Waals surface area contributed by atoms with Crippen molar-refractivity contribution in [3.63, 3.8) is 0 Å². The lowest BCUT2D eigenvalue weighted by Crippen LogP contribution is -2.85. The van der Waals surface area contributed by atoms with E-state index < -0.39 is 0 Å². The number of hydrogen-bond donors (Lipinski definition) is 1. The van der Waals surface area contributed by atoms with Crippen LogP contribution in [0.15, 0.2) is 24.3 Å². The van der Waals surface area contributed by atoms with Crippen molar-refractivity contribution in [1.29, 1.82) is 0 Å². The summed E-state index contributed by atoms with van der Waals surface area (Å²) in [6, 6.07) is 8.30. The molecule has 0 saturated heterocycles. The number of hydrogen-bond acceptors (Lipinski definition) is 3. The first-order chi connectivity index (χ1) is 10.2. The maximum Gasteiger partial charge on any atom is 0.119 e. The molecule has 0 aliphatic carbocycles. The molecule has 1 aromatic rings. The van der Waals surface area contributed by atoms with Gasteiger partial charge in [0.15, 0.2) is 0 Å². The van der Waals surface area contributed by atoms with Gasteiger partial charge < -0.3 is 19.5 Å². The first-order valence-corrected chi connectivity index (χ1v) is 7.85. The summed E-state index contributed by atoms with van der Waals surface area (Å²) in [7, 11) is 1.74. The second kappa shape index (κ2) is 11.5. The van der Waals surface area contributed by atoms with Crippen LogP contribution in [0, 0.1) is 0 Å². The molecule has 0 aliphatic rings. The van der Waals surface area contributed by atoms with E-state index in [0.29, 0.717) is 19.1 Å². The highest BCUT2D eigenvalue weighted by molar-refractivity contribution is 5.28. The number of quaternary nitrogens is 1. The van der Waals surface area contributed by atoms with E-state index >= 15 is 0 Å². The summed E-state index contributed by atoms with van der Waals surface area (Å²) in [5.74, 6) is 1.47. The minimum absolute atomic E-state index is 0.558. The molecule has 0 aliphatic heterocycles. The summed E-state index contributed by atoms with van der Waals surface area (Å²) in [5, 5.41) is 2.25. The van der Waals surface area contributed by atoms with Crippen LogP contribution in [0.4, 0.5) is 0 Å². The first kappa shape index (κ1) is 18.0. The summed E-state index contributed by atoms with van der Waals surface area (Å²) in [5.41, 5.74) is 1.34. The van der Waals surface area contributed by atoms with E-state index in [-0.39, 0.29) is 0 Å². The van der Waals surface area contributed by atoms with Gasteiger partial charge in [-0.2, -0.15) is 0 Å². The Balaban J connectivity index is 1.96. The van der Waals surface area contributed by atoms with E-state index in [1.807, 2.05) is 12.1 Å². The molecule has 0 atom stereocenters. The van der Waals surface area contributed by atoms with Crippen molar-refractivity contribution in [3.05, 3.63) is 29.8 Å². The van der Waals surface area contributed by atoms with Crippen LogP contribution in [-0.4, -0.2) is 46.6 Å². The zero-order valence-corrected chi connectivity index (χ0v) is 13.6. The van der Waals surface area contributed by atoms with E-state index in [2.05, 4.69) is 31.3 Å². The van der Waals surface area contributed by atoms with Gasteiger partial charge in [0.1, 0.15) is 12.4 Å². The smallest absolute Gasteiger partial charge is 0.119 e. The van der Waals surface area contributed by atoms with Crippen LogP contribution < -0.4 is 10.1 Å². The van der Waals surface area contributed by atoms with Crippen LogP contribution in [-0.2, 0) is 9.47 Å². The van der Waals surface area contributed by atoms with Crippen LogP contribution in [0.3, 0.4) is 0 Å². The third-order valence-corrected chi connectivity index (χ3v) is 3.27. The fraction of sp³-hybridized carbons (Fsp3) is 0.647. The molecule has 0 saturated carbocycles. The molecule has 0 amide bonds. The van der Waals surface area contributed by atoms with Gasteiger partial charge in [-0.25, -0.2) is 0 Å². The highest BCUT2D eigenvalue weighted by atomic mass is 16.5. The molecular formula is C17H30NO3+. The van der Waals surface area contributed by atoms with Gasteiger partial charge in [-0.15, -0.1) is 0 Å². The maximum absolute atomic E-state index is 5.65. The SMILES string of the molecule is COCCC[NH2+]CCOCCOc1ccc(C(C)C)cc1. The summed E-state index contributed by atoms with van der Waals surface area (Å²) in [4.78, 5) is 0. The molecule has 0 radical (unpaired) electrons. The van der Waals surface area contributed by atoms with E-state index in [0.717, 1.165) is 38.5 Å². The molecule has 4 heteroatoms. The molecule has 2 N–H and O–H groups in total. The average Bonchev–Trinajstić information content (AvgIpc) is 2.49. The molecule has 0 heterocycles. The monoisotopic (exact) mass is 296 g/mol. The Morgan fingerprint density at radius 1 is 0.952 bits per heavy atom. The molecule has 1 aromatic carbocycles. The number of benzene rings is 1. The standard InChI is InChI=1S/C17H29NO3/c1-15(2)16-5-7-17(8-6-16)21-14-13-20-12-10-18-9-4-11-19-3/h5-8,15,18H,4,9-14H2,1-3H3/p+1. The zero-order chi connectivity index (χ0) is 15.3. The maximum atomic E-state index is 5.65. The Bertz CT molecular complexity index is 352. The third-order valence-electron chi connectivity index (χ3n) is 3.27. The summed E-state index contributed by atoms with van der Waals surface area (Å²) >= 11 is 0. The van der Waals surface area contributed by atoms with Crippen LogP contribution in [0.1, 0.15) is 31.7 Å². The van der Waals surface area contributed by atoms with Crippen molar-refractivity contribution in [2.24, 2.45) is 0 Å². The van der Waals surface area contributed by atoms with Gasteiger partial charge in [-0.05, 0) is 23.6 Å². The normalized spacial score (nSPS) is 11.0. The van der Waals surface area contributed by atoms with Gasteiger partial charge >= 0.3 is 0 Å². The molecule has 0 fully saturated rings. The Kier molecular flexibility index (Phi) is 9.87. The molecule has 0 spiro atoms. The fourth-order valence-electron chi connectivity index (χ4n) is 1.95. The highest BCUT2D eigenvalue weighted by Gasteiger charge is 1.99. The van der Waals surface area contributed by atoms with Crippen molar-refractivity contribution in [2.75, 3.05) is 46.6 Å². The van der Waals surface area contributed by atoms with Crippen LogP contribution in [0.5, 0.6) is 5.75 Å². The van der Waals surface area contributed by atoms with Crippen molar-refractivity contribution in [3.8, 4) is 5.75 Å². The Hall–Kier alpha value is -1.10. The highest BCUT2D eigenvalue weighted by Crippen LogP contribution is 2.18. The Morgan fingerprint density at radius 3 is 2.38 bits per heavy atom. The molecule has 0 unspecified atom stereocenters. The average molecular weight is 296 g/mol. The molecule has 0 bridgehead atoms. The largest absolute Gasteiger partial charge is 0.491 e. The van der Waals surface area contributed by atoms with E-state index in [1.54, 1.807) is 7.11 Å².